The number of nitrogens with zero attached hydrogens (tertiary/aromatic N) is 1. The molecule has 0 N–H and O–H groups in total. The fourth-order valence-corrected chi connectivity index (χ4v) is 5.08. The maximum Gasteiger partial charge on any atom is 0.243 e. The minimum Gasteiger partial charge on any atom is -0.207 e. The Morgan fingerprint density at radius 1 is 0.826 bits per heavy atom. The first-order valence-electron chi connectivity index (χ1n) is 8.12. The Kier molecular flexibility index (Phi) is 4.55. The largest absolute Gasteiger partial charge is 0.243 e. The summed E-state index contributed by atoms with van der Waals surface area (Å²) >= 11 is 0. The van der Waals surface area contributed by atoms with E-state index in [2.05, 4.69) is 13.8 Å². The maximum absolute atomic E-state index is 12.9. The molecule has 2 aromatic rings. The third-order valence-corrected chi connectivity index (χ3v) is 6.28. The third kappa shape index (κ3) is 3.48. The van der Waals surface area contributed by atoms with Gasteiger partial charge in [-0.1, -0.05) is 56.3 Å². The highest BCUT2D eigenvalue weighted by atomic mass is 32.2. The SMILES string of the molecule is CC1CC(C)CN(S(=O)(=O)c2ccc(-c3ccccc3)cc2)C1. The zero-order valence-corrected chi connectivity index (χ0v) is 14.5. The summed E-state index contributed by atoms with van der Waals surface area (Å²) in [6, 6.07) is 17.2. The summed E-state index contributed by atoms with van der Waals surface area (Å²) in [7, 11) is -3.39. The second-order valence-corrected chi connectivity index (χ2v) is 8.60. The molecule has 2 aromatic carbocycles. The van der Waals surface area contributed by atoms with Crippen molar-refractivity contribution in [3.05, 3.63) is 54.6 Å². The Morgan fingerprint density at radius 3 is 1.91 bits per heavy atom. The molecule has 1 heterocycles. The first-order valence-corrected chi connectivity index (χ1v) is 9.56. The molecule has 1 aliphatic heterocycles. The summed E-state index contributed by atoms with van der Waals surface area (Å²) < 4.78 is 27.3. The Labute approximate surface area is 139 Å². The van der Waals surface area contributed by atoms with Crippen molar-refractivity contribution in [1.82, 2.24) is 4.31 Å². The molecule has 1 aliphatic rings. The van der Waals surface area contributed by atoms with Gasteiger partial charge >= 0.3 is 0 Å². The van der Waals surface area contributed by atoms with Crippen LogP contribution in [0.15, 0.2) is 59.5 Å². The van der Waals surface area contributed by atoms with Gasteiger partial charge in [0.2, 0.25) is 10.0 Å². The van der Waals surface area contributed by atoms with Gasteiger partial charge in [0.15, 0.2) is 0 Å². The topological polar surface area (TPSA) is 37.4 Å². The minimum absolute atomic E-state index is 0.387. The first kappa shape index (κ1) is 16.2. The Balaban J connectivity index is 1.86. The Morgan fingerprint density at radius 2 is 1.35 bits per heavy atom. The predicted octanol–water partition coefficient (Wildman–Crippen LogP) is 4.02. The van der Waals surface area contributed by atoms with Gasteiger partial charge in [-0.05, 0) is 41.5 Å². The van der Waals surface area contributed by atoms with E-state index in [9.17, 15) is 8.42 Å². The maximum atomic E-state index is 12.9. The number of piperidine rings is 1. The van der Waals surface area contributed by atoms with Crippen molar-refractivity contribution in [2.45, 2.75) is 25.2 Å². The van der Waals surface area contributed by atoms with Crippen molar-refractivity contribution in [2.24, 2.45) is 11.8 Å². The van der Waals surface area contributed by atoms with Gasteiger partial charge in [0.05, 0.1) is 4.90 Å². The predicted molar refractivity (Wildman–Crippen MR) is 93.6 cm³/mol. The standard InChI is InChI=1S/C19H23NO2S/c1-15-12-16(2)14-20(13-15)23(21,22)19-10-8-18(9-11-19)17-6-4-3-5-7-17/h3-11,15-16H,12-14H2,1-2H3. The van der Waals surface area contributed by atoms with E-state index >= 15 is 0 Å². The first-order chi connectivity index (χ1) is 11.0. The van der Waals surface area contributed by atoms with Crippen LogP contribution in [-0.2, 0) is 10.0 Å². The monoisotopic (exact) mass is 329 g/mol. The van der Waals surface area contributed by atoms with E-state index in [-0.39, 0.29) is 0 Å². The lowest BCUT2D eigenvalue weighted by Gasteiger charge is -2.34. The molecule has 4 heteroatoms. The average molecular weight is 329 g/mol. The van der Waals surface area contributed by atoms with Crippen molar-refractivity contribution in [3.63, 3.8) is 0 Å². The lowest BCUT2D eigenvalue weighted by atomic mass is 9.94. The summed E-state index contributed by atoms with van der Waals surface area (Å²) in [5.41, 5.74) is 2.13. The summed E-state index contributed by atoms with van der Waals surface area (Å²) in [4.78, 5) is 0.387. The zero-order chi connectivity index (χ0) is 16.4. The van der Waals surface area contributed by atoms with E-state index in [0.29, 0.717) is 29.8 Å². The van der Waals surface area contributed by atoms with Gasteiger partial charge in [0.1, 0.15) is 0 Å². The molecule has 0 aliphatic carbocycles. The van der Waals surface area contributed by atoms with Gasteiger partial charge in [-0.15, -0.1) is 0 Å². The van der Waals surface area contributed by atoms with Gasteiger partial charge in [-0.3, -0.25) is 0 Å². The number of hydrogen-bond donors (Lipinski definition) is 0. The van der Waals surface area contributed by atoms with Crippen LogP contribution in [0.25, 0.3) is 11.1 Å². The van der Waals surface area contributed by atoms with Gasteiger partial charge in [0, 0.05) is 13.1 Å². The van der Waals surface area contributed by atoms with E-state index < -0.39 is 10.0 Å². The quantitative estimate of drug-likeness (QED) is 0.853. The van der Waals surface area contributed by atoms with Crippen LogP contribution in [0, 0.1) is 11.8 Å². The van der Waals surface area contributed by atoms with Crippen molar-refractivity contribution in [2.75, 3.05) is 13.1 Å². The second-order valence-electron chi connectivity index (χ2n) is 6.66. The van der Waals surface area contributed by atoms with Crippen LogP contribution < -0.4 is 0 Å². The van der Waals surface area contributed by atoms with Crippen LogP contribution >= 0.6 is 0 Å². The van der Waals surface area contributed by atoms with Crippen LogP contribution in [0.4, 0.5) is 0 Å². The second kappa shape index (κ2) is 6.46. The Hall–Kier alpha value is -1.65. The van der Waals surface area contributed by atoms with Gasteiger partial charge in [-0.2, -0.15) is 4.31 Å². The molecule has 0 aromatic heterocycles. The highest BCUT2D eigenvalue weighted by Gasteiger charge is 2.31. The number of benzene rings is 2. The molecule has 0 radical (unpaired) electrons. The van der Waals surface area contributed by atoms with Crippen LogP contribution in [-0.4, -0.2) is 25.8 Å². The minimum atomic E-state index is -3.39. The summed E-state index contributed by atoms with van der Waals surface area (Å²) in [6.07, 6.45) is 1.10. The fraction of sp³-hybridized carbons (Fsp3) is 0.368. The molecule has 2 atom stereocenters. The average Bonchev–Trinajstić information content (AvgIpc) is 2.55. The zero-order valence-electron chi connectivity index (χ0n) is 13.6. The van der Waals surface area contributed by atoms with E-state index in [1.165, 1.54) is 0 Å². The van der Waals surface area contributed by atoms with Crippen LogP contribution in [0.2, 0.25) is 0 Å². The molecule has 3 nitrogen and oxygen atoms in total. The molecule has 1 fully saturated rings. The van der Waals surface area contributed by atoms with E-state index in [0.717, 1.165) is 17.5 Å². The van der Waals surface area contributed by atoms with Crippen molar-refractivity contribution < 1.29 is 8.42 Å². The van der Waals surface area contributed by atoms with E-state index in [1.54, 1.807) is 16.4 Å². The van der Waals surface area contributed by atoms with Crippen LogP contribution in [0.1, 0.15) is 20.3 Å². The van der Waals surface area contributed by atoms with E-state index in [4.69, 9.17) is 0 Å². The lowest BCUT2D eigenvalue weighted by Crippen LogP contribution is -2.42. The lowest BCUT2D eigenvalue weighted by molar-refractivity contribution is 0.222. The van der Waals surface area contributed by atoms with Crippen molar-refractivity contribution in [3.8, 4) is 11.1 Å². The molecule has 2 unspecified atom stereocenters. The molecule has 0 saturated carbocycles. The molecule has 1 saturated heterocycles. The van der Waals surface area contributed by atoms with Crippen LogP contribution in [0.5, 0.6) is 0 Å². The van der Waals surface area contributed by atoms with Gasteiger partial charge in [-0.25, -0.2) is 8.42 Å². The fourth-order valence-electron chi connectivity index (χ4n) is 3.40. The van der Waals surface area contributed by atoms with Gasteiger partial charge < -0.3 is 0 Å². The molecule has 0 bridgehead atoms. The summed E-state index contributed by atoms with van der Waals surface area (Å²) in [5.74, 6) is 0.828. The molecule has 0 amide bonds. The highest BCUT2D eigenvalue weighted by molar-refractivity contribution is 7.89. The molecule has 0 spiro atoms. The highest BCUT2D eigenvalue weighted by Crippen LogP contribution is 2.28. The third-order valence-electron chi connectivity index (χ3n) is 4.43. The van der Waals surface area contributed by atoms with Crippen molar-refractivity contribution in [1.29, 1.82) is 0 Å². The molecule has 122 valence electrons. The molecular formula is C19H23NO2S. The Bertz CT molecular complexity index is 744. The summed E-state index contributed by atoms with van der Waals surface area (Å²) in [6.45, 7) is 5.48. The van der Waals surface area contributed by atoms with Gasteiger partial charge in [0.25, 0.3) is 0 Å². The molecule has 3 rings (SSSR count). The van der Waals surface area contributed by atoms with E-state index in [1.807, 2.05) is 42.5 Å². The smallest absolute Gasteiger partial charge is 0.207 e. The number of rotatable bonds is 3. The normalized spacial score (nSPS) is 22.9. The van der Waals surface area contributed by atoms with Crippen molar-refractivity contribution >= 4 is 10.0 Å². The molecule has 23 heavy (non-hydrogen) atoms. The summed E-state index contributed by atoms with van der Waals surface area (Å²) in [5, 5.41) is 0. The number of sulfonamides is 1. The van der Waals surface area contributed by atoms with Crippen LogP contribution in [0.3, 0.4) is 0 Å². The molecular weight excluding hydrogens is 306 g/mol. The number of hydrogen-bond acceptors (Lipinski definition) is 2.